The smallest absolute Gasteiger partial charge is 0.262 e. The van der Waals surface area contributed by atoms with Crippen LogP contribution in [0.4, 0.5) is 0 Å². The molecule has 0 unspecified atom stereocenters. The van der Waals surface area contributed by atoms with Crippen LogP contribution >= 0.6 is 77.2 Å². The molecule has 1 aromatic carbocycles. The molecule has 0 radical (unpaired) electrons. The predicted molar refractivity (Wildman–Crippen MR) is 186 cm³/mol. The number of carbonyl (C=O) groups is 2. The van der Waals surface area contributed by atoms with E-state index in [9.17, 15) is 9.59 Å². The lowest BCUT2D eigenvalue weighted by atomic mass is 10.0. The molecule has 0 fully saturated rings. The van der Waals surface area contributed by atoms with E-state index in [1.54, 1.807) is 45.3 Å². The highest BCUT2D eigenvalue weighted by Gasteiger charge is 2.39. The standard InChI is InChI=1S/C32H31Br2NO2S4/c1-2-3-4-5-6-7-8-9-10-11-16-35-31(36)27-19-17-23(21-12-14-25(33)38-21)40-29(19)30-20(28(27)32(35)37)18-24(41-30)22-13-15-26(34)39-22/h12-15,17-18H,2-11,16H2,1H3. The summed E-state index contributed by atoms with van der Waals surface area (Å²) in [6, 6.07) is 12.6. The highest BCUT2D eigenvalue weighted by Crippen LogP contribution is 2.50. The van der Waals surface area contributed by atoms with E-state index >= 15 is 0 Å². The number of hydrogen-bond acceptors (Lipinski definition) is 6. The topological polar surface area (TPSA) is 37.4 Å². The Labute approximate surface area is 273 Å². The first-order valence-electron chi connectivity index (χ1n) is 14.4. The molecule has 0 N–H and O–H groups in total. The van der Waals surface area contributed by atoms with Gasteiger partial charge in [0.2, 0.25) is 0 Å². The number of halogens is 2. The molecule has 6 rings (SSSR count). The first kappa shape index (κ1) is 29.7. The number of carbonyl (C=O) groups excluding carboxylic acids is 2. The van der Waals surface area contributed by atoms with Crippen molar-refractivity contribution in [3.8, 4) is 19.5 Å². The van der Waals surface area contributed by atoms with Gasteiger partial charge in [0.15, 0.2) is 0 Å². The number of benzene rings is 1. The van der Waals surface area contributed by atoms with Gasteiger partial charge in [-0.2, -0.15) is 0 Å². The fourth-order valence-electron chi connectivity index (χ4n) is 5.66. The molecule has 0 bridgehead atoms. The van der Waals surface area contributed by atoms with Crippen molar-refractivity contribution in [2.24, 2.45) is 0 Å². The summed E-state index contributed by atoms with van der Waals surface area (Å²) < 4.78 is 4.37. The van der Waals surface area contributed by atoms with Gasteiger partial charge in [-0.05, 0) is 74.7 Å². The maximum absolute atomic E-state index is 13.9. The fourth-order valence-corrected chi connectivity index (χ4v) is 11.1. The molecule has 4 aromatic heterocycles. The molecule has 3 nitrogen and oxygen atoms in total. The first-order chi connectivity index (χ1) is 20.0. The first-order valence-corrected chi connectivity index (χ1v) is 19.2. The van der Waals surface area contributed by atoms with Crippen molar-refractivity contribution in [3.05, 3.63) is 55.1 Å². The lowest BCUT2D eigenvalue weighted by molar-refractivity contribution is 0.0652. The molecule has 1 aliphatic rings. The Bertz CT molecular complexity index is 1610. The molecule has 0 spiro atoms. The Morgan fingerprint density at radius 2 is 1.02 bits per heavy atom. The van der Waals surface area contributed by atoms with E-state index in [0.717, 1.165) is 60.1 Å². The van der Waals surface area contributed by atoms with Crippen LogP contribution < -0.4 is 0 Å². The van der Waals surface area contributed by atoms with Crippen LogP contribution in [0, 0.1) is 0 Å². The van der Waals surface area contributed by atoms with E-state index in [1.165, 1.54) is 56.3 Å². The summed E-state index contributed by atoms with van der Waals surface area (Å²) in [5, 5.41) is 1.84. The fraction of sp³-hybridized carbons (Fsp3) is 0.375. The number of unbranched alkanes of at least 4 members (excludes halogenated alkanes) is 9. The van der Waals surface area contributed by atoms with Crippen molar-refractivity contribution < 1.29 is 9.59 Å². The molecule has 2 amide bonds. The van der Waals surface area contributed by atoms with E-state index < -0.39 is 0 Å². The Kier molecular flexibility index (Phi) is 9.49. The Morgan fingerprint density at radius 1 is 0.585 bits per heavy atom. The molecule has 0 saturated heterocycles. The van der Waals surface area contributed by atoms with Gasteiger partial charge < -0.3 is 0 Å². The lowest BCUT2D eigenvalue weighted by Gasteiger charge is -2.13. The molecule has 0 aliphatic carbocycles. The molecule has 0 atom stereocenters. The highest BCUT2D eigenvalue weighted by atomic mass is 79.9. The third-order valence-corrected chi connectivity index (χ3v) is 13.8. The zero-order valence-electron chi connectivity index (χ0n) is 22.9. The molecule has 5 heterocycles. The van der Waals surface area contributed by atoms with Crippen LogP contribution in [0.5, 0.6) is 0 Å². The van der Waals surface area contributed by atoms with Crippen LogP contribution in [0.25, 0.3) is 39.7 Å². The second-order valence-electron chi connectivity index (χ2n) is 10.6. The summed E-state index contributed by atoms with van der Waals surface area (Å²) in [5.41, 5.74) is 1.19. The van der Waals surface area contributed by atoms with Crippen molar-refractivity contribution in [2.75, 3.05) is 6.54 Å². The zero-order chi connectivity index (χ0) is 28.5. The molecule has 214 valence electrons. The number of amides is 2. The zero-order valence-corrected chi connectivity index (χ0v) is 29.3. The third-order valence-electron chi connectivity index (χ3n) is 7.74. The number of imide groups is 1. The van der Waals surface area contributed by atoms with Crippen molar-refractivity contribution in [1.82, 2.24) is 4.90 Å². The molecule has 1 aliphatic heterocycles. The van der Waals surface area contributed by atoms with Gasteiger partial charge in [-0.15, -0.1) is 45.3 Å². The minimum atomic E-state index is -0.129. The minimum Gasteiger partial charge on any atom is -0.274 e. The second kappa shape index (κ2) is 13.1. The summed E-state index contributed by atoms with van der Waals surface area (Å²) in [4.78, 5) is 33.9. The quantitative estimate of drug-likeness (QED) is 0.0888. The third kappa shape index (κ3) is 6.04. The monoisotopic (exact) mass is 747 g/mol. The van der Waals surface area contributed by atoms with Gasteiger partial charge in [0.05, 0.1) is 28.1 Å². The van der Waals surface area contributed by atoms with Crippen LogP contribution in [0.15, 0.2) is 44.0 Å². The predicted octanol–water partition coefficient (Wildman–Crippen LogP) is 12.6. The van der Waals surface area contributed by atoms with Crippen LogP contribution in [-0.4, -0.2) is 23.3 Å². The second-order valence-corrected chi connectivity index (χ2v) is 17.6. The van der Waals surface area contributed by atoms with E-state index in [4.69, 9.17) is 0 Å². The van der Waals surface area contributed by atoms with Gasteiger partial charge in [0.25, 0.3) is 11.8 Å². The van der Waals surface area contributed by atoms with Gasteiger partial charge in [-0.25, -0.2) is 0 Å². The lowest BCUT2D eigenvalue weighted by Crippen LogP contribution is -2.30. The Balaban J connectivity index is 1.28. The number of thiophene rings is 4. The van der Waals surface area contributed by atoms with Gasteiger partial charge >= 0.3 is 0 Å². The van der Waals surface area contributed by atoms with Crippen LogP contribution in [0.3, 0.4) is 0 Å². The Hall–Kier alpha value is -1.36. The molecule has 5 aromatic rings. The van der Waals surface area contributed by atoms with Crippen LogP contribution in [-0.2, 0) is 0 Å². The number of hydrogen-bond donors (Lipinski definition) is 0. The van der Waals surface area contributed by atoms with E-state index in [0.29, 0.717) is 17.7 Å². The largest absolute Gasteiger partial charge is 0.274 e. The average Bonchev–Trinajstić information content (AvgIpc) is 3.77. The number of nitrogens with zero attached hydrogens (tertiary/aromatic N) is 1. The van der Waals surface area contributed by atoms with Crippen molar-refractivity contribution in [1.29, 1.82) is 0 Å². The maximum atomic E-state index is 13.9. The number of rotatable bonds is 13. The van der Waals surface area contributed by atoms with Gasteiger partial charge in [0.1, 0.15) is 0 Å². The SMILES string of the molecule is CCCCCCCCCCCCN1C(=O)c2c(c3cc(-c4ccc(Br)s4)sc3c3sc(-c4ccc(Br)s4)cc23)C1=O. The Morgan fingerprint density at radius 3 is 1.44 bits per heavy atom. The summed E-state index contributed by atoms with van der Waals surface area (Å²) >= 11 is 14.0. The van der Waals surface area contributed by atoms with Crippen molar-refractivity contribution in [3.63, 3.8) is 0 Å². The summed E-state index contributed by atoms with van der Waals surface area (Å²) in [7, 11) is 0. The van der Waals surface area contributed by atoms with E-state index in [-0.39, 0.29) is 11.8 Å². The summed E-state index contributed by atoms with van der Waals surface area (Å²) in [6.45, 7) is 2.75. The van der Waals surface area contributed by atoms with Gasteiger partial charge in [0, 0.05) is 36.8 Å². The molecule has 0 saturated carbocycles. The van der Waals surface area contributed by atoms with E-state index in [2.05, 4.69) is 75.2 Å². The molecular formula is C32H31Br2NO2S4. The maximum Gasteiger partial charge on any atom is 0.262 e. The highest BCUT2D eigenvalue weighted by molar-refractivity contribution is 9.11. The van der Waals surface area contributed by atoms with Gasteiger partial charge in [-0.3, -0.25) is 14.5 Å². The van der Waals surface area contributed by atoms with Gasteiger partial charge in [-0.1, -0.05) is 64.7 Å². The molecular weight excluding hydrogens is 718 g/mol. The minimum absolute atomic E-state index is 0.129. The van der Waals surface area contributed by atoms with Crippen LogP contribution in [0.2, 0.25) is 0 Å². The summed E-state index contributed by atoms with van der Waals surface area (Å²) in [5.74, 6) is -0.257. The number of fused-ring (bicyclic) bond motifs is 6. The normalized spacial score (nSPS) is 13.4. The van der Waals surface area contributed by atoms with Crippen LogP contribution in [0.1, 0.15) is 91.8 Å². The molecule has 9 heteroatoms. The van der Waals surface area contributed by atoms with Crippen molar-refractivity contribution in [2.45, 2.75) is 71.1 Å². The average molecular weight is 750 g/mol. The van der Waals surface area contributed by atoms with Crippen molar-refractivity contribution >= 4 is 109 Å². The summed E-state index contributed by atoms with van der Waals surface area (Å²) in [6.07, 6.45) is 12.3. The molecule has 41 heavy (non-hydrogen) atoms. The van der Waals surface area contributed by atoms with E-state index in [1.807, 2.05) is 0 Å².